The third kappa shape index (κ3) is 6.75. The van der Waals surface area contributed by atoms with Crippen LogP contribution < -0.4 is 11.1 Å². The summed E-state index contributed by atoms with van der Waals surface area (Å²) in [5.41, 5.74) is 5.66. The quantitative estimate of drug-likeness (QED) is 0.152. The van der Waals surface area contributed by atoms with Crippen LogP contribution in [0.25, 0.3) is 0 Å². The van der Waals surface area contributed by atoms with E-state index in [1.807, 2.05) is 0 Å². The van der Waals surface area contributed by atoms with Crippen molar-refractivity contribution in [2.75, 3.05) is 6.61 Å². The molecule has 0 radical (unpaired) electrons. The molecule has 0 spiro atoms. The first-order chi connectivity index (χ1) is 14.3. The number of hydrogen-bond acceptors (Lipinski definition) is 9. The van der Waals surface area contributed by atoms with Crippen molar-refractivity contribution < 1.29 is 53.7 Å². The van der Waals surface area contributed by atoms with Crippen molar-refractivity contribution in [2.45, 2.75) is 93.7 Å². The lowest BCUT2D eigenvalue weighted by atomic mass is 9.87. The number of rotatable bonds is 12. The number of carboxylic acids is 1. The lowest BCUT2D eigenvalue weighted by Crippen LogP contribution is -2.71. The van der Waals surface area contributed by atoms with Gasteiger partial charge < -0.3 is 46.4 Å². The predicted octanol–water partition coefficient (Wildman–Crippen LogP) is -1.96. The van der Waals surface area contributed by atoms with E-state index in [0.29, 0.717) is 12.8 Å². The zero-order valence-corrected chi connectivity index (χ0v) is 17.2. The first-order valence-corrected chi connectivity index (χ1v) is 10.00. The summed E-state index contributed by atoms with van der Waals surface area (Å²) < 4.78 is 33.8. The van der Waals surface area contributed by atoms with Gasteiger partial charge >= 0.3 is 11.9 Å². The fourth-order valence-electron chi connectivity index (χ4n) is 3.21. The number of unbranched alkanes of at least 4 members (excludes halogenated alkanes) is 3. The Kier molecular flexibility index (Phi) is 10.1. The topological polar surface area (TPSA) is 203 Å². The molecule has 9 N–H and O–H groups in total. The molecule has 1 amide bonds. The summed E-state index contributed by atoms with van der Waals surface area (Å²) in [5, 5.41) is 59.4. The van der Waals surface area contributed by atoms with Crippen LogP contribution in [0.3, 0.4) is 0 Å². The van der Waals surface area contributed by atoms with E-state index in [9.17, 15) is 38.8 Å². The van der Waals surface area contributed by atoms with Crippen LogP contribution >= 0.6 is 0 Å². The molecule has 11 nitrogen and oxygen atoms in total. The Hall–Kier alpha value is -1.48. The summed E-state index contributed by atoms with van der Waals surface area (Å²) >= 11 is 0. The van der Waals surface area contributed by atoms with Crippen molar-refractivity contribution in [2.24, 2.45) is 5.73 Å². The van der Waals surface area contributed by atoms with Crippen molar-refractivity contribution in [3.63, 3.8) is 0 Å². The van der Waals surface area contributed by atoms with Crippen molar-refractivity contribution in [1.82, 2.24) is 5.32 Å². The number of hydrogen-bond donors (Lipinski definition) is 8. The van der Waals surface area contributed by atoms with E-state index in [-0.39, 0.29) is 19.3 Å². The highest BCUT2D eigenvalue weighted by Gasteiger charge is 2.65. The van der Waals surface area contributed by atoms with E-state index in [2.05, 4.69) is 10.1 Å². The molecule has 31 heavy (non-hydrogen) atoms. The molecule has 1 unspecified atom stereocenters. The molecule has 0 aromatic rings. The van der Waals surface area contributed by atoms with E-state index in [4.69, 9.17) is 15.9 Å². The van der Waals surface area contributed by atoms with Crippen LogP contribution in [-0.4, -0.2) is 97.3 Å². The molecule has 0 aliphatic carbocycles. The third-order valence-corrected chi connectivity index (χ3v) is 5.31. The number of halogens is 2. The summed E-state index contributed by atoms with van der Waals surface area (Å²) in [6.07, 6.45) is -7.92. The van der Waals surface area contributed by atoms with E-state index in [1.165, 1.54) is 6.92 Å². The number of carbonyl (C=O) groups excluding carboxylic acids is 1. The van der Waals surface area contributed by atoms with Crippen molar-refractivity contribution >= 4 is 11.9 Å². The Morgan fingerprint density at radius 2 is 1.74 bits per heavy atom. The summed E-state index contributed by atoms with van der Waals surface area (Å²) in [7, 11) is 0. The maximum absolute atomic E-state index is 14.6. The molecule has 13 heteroatoms. The Morgan fingerprint density at radius 1 is 1.16 bits per heavy atom. The third-order valence-electron chi connectivity index (χ3n) is 5.31. The van der Waals surface area contributed by atoms with Crippen molar-refractivity contribution in [3.05, 3.63) is 0 Å². The number of amides is 1. The van der Waals surface area contributed by atoms with Crippen LogP contribution in [0, 0.1) is 0 Å². The van der Waals surface area contributed by atoms with Gasteiger partial charge in [-0.25, -0.2) is 8.78 Å². The number of aliphatic hydroxyl groups is 5. The van der Waals surface area contributed by atoms with Gasteiger partial charge in [-0.3, -0.25) is 9.59 Å². The molecule has 1 aliphatic rings. The molecule has 0 aromatic carbocycles. The second kappa shape index (κ2) is 11.4. The van der Waals surface area contributed by atoms with Gasteiger partial charge in [0.25, 0.3) is 5.79 Å². The van der Waals surface area contributed by atoms with Crippen LogP contribution in [0.2, 0.25) is 0 Å². The first kappa shape index (κ1) is 27.6. The second-order valence-corrected chi connectivity index (χ2v) is 7.79. The standard InChI is InChI=1S/C18H32F2N2O9/c1-9(16(28)29)22-15(27)10(21)6-4-2-3-5-7-17(19,20)18(30)14(26)13(25)12(24)11(8-23)31-18/h9-14,23-26,30H,2-8,21H2,1H3,(H,22,27)(H,28,29)/t9-,10-,11+,12-,13-,14+,18?/m0/s1. The molecule has 0 bridgehead atoms. The van der Waals surface area contributed by atoms with Crippen molar-refractivity contribution in [3.8, 4) is 0 Å². The van der Waals surface area contributed by atoms with Crippen LogP contribution in [0.15, 0.2) is 0 Å². The maximum atomic E-state index is 14.6. The summed E-state index contributed by atoms with van der Waals surface area (Å²) in [4.78, 5) is 22.4. The molecule has 1 rings (SSSR count). The minimum atomic E-state index is -4.00. The van der Waals surface area contributed by atoms with E-state index < -0.39 is 73.1 Å². The fraction of sp³-hybridized carbons (Fsp3) is 0.889. The van der Waals surface area contributed by atoms with Gasteiger partial charge in [0.2, 0.25) is 5.91 Å². The Bertz CT molecular complexity index is 611. The van der Waals surface area contributed by atoms with E-state index in [0.717, 1.165) is 0 Å². The Morgan fingerprint density at radius 3 is 2.29 bits per heavy atom. The molecule has 1 saturated heterocycles. The second-order valence-electron chi connectivity index (χ2n) is 7.79. The smallest absolute Gasteiger partial charge is 0.325 e. The predicted molar refractivity (Wildman–Crippen MR) is 101 cm³/mol. The van der Waals surface area contributed by atoms with Gasteiger partial charge in [0.15, 0.2) is 0 Å². The van der Waals surface area contributed by atoms with Gasteiger partial charge in [0.1, 0.15) is 30.5 Å². The molecule has 0 aromatic heterocycles. The molecule has 1 heterocycles. The normalized spacial score (nSPS) is 31.1. The van der Waals surface area contributed by atoms with E-state index >= 15 is 0 Å². The Labute approximate surface area is 177 Å². The lowest BCUT2D eigenvalue weighted by Gasteiger charge is -2.48. The van der Waals surface area contributed by atoms with Gasteiger partial charge in [-0.15, -0.1) is 0 Å². The zero-order valence-electron chi connectivity index (χ0n) is 17.2. The largest absolute Gasteiger partial charge is 0.480 e. The minimum Gasteiger partial charge on any atom is -0.480 e. The van der Waals surface area contributed by atoms with Crippen LogP contribution in [0.1, 0.15) is 45.4 Å². The zero-order chi connectivity index (χ0) is 24.0. The Balaban J connectivity index is 2.45. The van der Waals surface area contributed by atoms with Gasteiger partial charge in [0.05, 0.1) is 12.6 Å². The number of carboxylic acid groups (broad SMARTS) is 1. The summed E-state index contributed by atoms with van der Waals surface area (Å²) in [6.45, 7) is 0.332. The minimum absolute atomic E-state index is 0.106. The number of nitrogens with two attached hydrogens (primary N) is 1. The molecule has 1 aliphatic heterocycles. The van der Waals surface area contributed by atoms with Gasteiger partial charge in [-0.1, -0.05) is 19.3 Å². The number of carbonyl (C=O) groups is 2. The van der Waals surface area contributed by atoms with Crippen LogP contribution in [0.4, 0.5) is 8.78 Å². The van der Waals surface area contributed by atoms with Crippen LogP contribution in [0.5, 0.6) is 0 Å². The van der Waals surface area contributed by atoms with Gasteiger partial charge in [0, 0.05) is 6.42 Å². The lowest BCUT2D eigenvalue weighted by molar-refractivity contribution is -0.412. The molecule has 1 fully saturated rings. The SMILES string of the molecule is C[C@H](NC(=O)[C@@H](N)CCCCCCC(F)(F)C1(O)O[C@H](CO)[C@H](O)[C@H](O)[C@H]1O)C(=O)O. The van der Waals surface area contributed by atoms with Gasteiger partial charge in [-0.2, -0.15) is 0 Å². The highest BCUT2D eigenvalue weighted by molar-refractivity contribution is 5.86. The van der Waals surface area contributed by atoms with Crippen LogP contribution in [-0.2, 0) is 14.3 Å². The molecule has 182 valence electrons. The first-order valence-electron chi connectivity index (χ1n) is 10.00. The number of aliphatic hydroxyl groups excluding tert-OH is 4. The number of nitrogens with one attached hydrogen (secondary N) is 1. The molecular weight excluding hydrogens is 426 g/mol. The highest BCUT2D eigenvalue weighted by atomic mass is 19.3. The molecule has 0 saturated carbocycles. The molecular formula is C18H32F2N2O9. The number of alkyl halides is 2. The molecule has 7 atom stereocenters. The average molecular weight is 458 g/mol. The number of ether oxygens (including phenoxy) is 1. The summed E-state index contributed by atoms with van der Waals surface area (Å²) in [6, 6.07) is -2.04. The highest BCUT2D eigenvalue weighted by Crippen LogP contribution is 2.42. The monoisotopic (exact) mass is 458 g/mol. The summed E-state index contributed by atoms with van der Waals surface area (Å²) in [5.74, 6) is -9.32. The van der Waals surface area contributed by atoms with Crippen molar-refractivity contribution in [1.29, 1.82) is 0 Å². The van der Waals surface area contributed by atoms with Gasteiger partial charge in [-0.05, 0) is 19.8 Å². The number of aliphatic carboxylic acids is 1. The maximum Gasteiger partial charge on any atom is 0.325 e. The fourth-order valence-corrected chi connectivity index (χ4v) is 3.21. The average Bonchev–Trinajstić information content (AvgIpc) is 2.70. The van der Waals surface area contributed by atoms with E-state index in [1.54, 1.807) is 0 Å².